The molecule has 1 aromatic heterocycles. The van der Waals surface area contributed by atoms with Crippen molar-refractivity contribution in [1.29, 1.82) is 0 Å². The van der Waals surface area contributed by atoms with Gasteiger partial charge in [-0.15, -0.1) is 0 Å². The fraction of sp³-hybridized carbons (Fsp3) is 0.100. The van der Waals surface area contributed by atoms with Crippen LogP contribution in [0.3, 0.4) is 0 Å². The lowest BCUT2D eigenvalue weighted by Crippen LogP contribution is -2.13. The number of aryl methyl sites for hydroxylation is 1. The van der Waals surface area contributed by atoms with E-state index in [1.54, 1.807) is 6.07 Å². The summed E-state index contributed by atoms with van der Waals surface area (Å²) in [7, 11) is 0. The van der Waals surface area contributed by atoms with E-state index < -0.39 is 5.91 Å². The quantitative estimate of drug-likeness (QED) is 0.717. The molecular formula is C10H8N3O. The van der Waals surface area contributed by atoms with Gasteiger partial charge in [-0.3, -0.25) is 9.78 Å². The number of primary amides is 1. The summed E-state index contributed by atoms with van der Waals surface area (Å²) in [6.45, 7) is 1.90. The minimum Gasteiger partial charge on any atom is -0.364 e. The van der Waals surface area contributed by atoms with Crippen LogP contribution in [0.2, 0.25) is 0 Å². The Balaban J connectivity index is 2.69. The van der Waals surface area contributed by atoms with E-state index in [2.05, 4.69) is 16.0 Å². The summed E-state index contributed by atoms with van der Waals surface area (Å²) in [5, 5.41) is 0. The van der Waals surface area contributed by atoms with Gasteiger partial charge in [-0.25, -0.2) is 4.98 Å². The molecule has 4 heteroatoms. The van der Waals surface area contributed by atoms with Crippen molar-refractivity contribution in [2.45, 2.75) is 6.92 Å². The summed E-state index contributed by atoms with van der Waals surface area (Å²) in [5.41, 5.74) is 7.60. The average Bonchev–Trinajstić information content (AvgIpc) is 2.16. The molecule has 0 atom stereocenters. The number of carbonyl (C=O) groups is 1. The second kappa shape index (κ2) is 3.06. The van der Waals surface area contributed by atoms with Gasteiger partial charge in [-0.1, -0.05) is 0 Å². The second-order valence-electron chi connectivity index (χ2n) is 3.01. The maximum absolute atomic E-state index is 10.8. The first-order chi connectivity index (χ1) is 6.66. The highest BCUT2D eigenvalue weighted by molar-refractivity contribution is 5.92. The lowest BCUT2D eigenvalue weighted by molar-refractivity contribution is 0.0995. The largest absolute Gasteiger partial charge is 0.364 e. The Kier molecular flexibility index (Phi) is 1.89. The lowest BCUT2D eigenvalue weighted by atomic mass is 10.2. The third kappa shape index (κ3) is 1.42. The van der Waals surface area contributed by atoms with Crippen molar-refractivity contribution in [3.8, 4) is 0 Å². The van der Waals surface area contributed by atoms with Gasteiger partial charge in [0.15, 0.2) is 0 Å². The van der Waals surface area contributed by atoms with E-state index in [0.717, 1.165) is 5.56 Å². The van der Waals surface area contributed by atoms with E-state index in [4.69, 9.17) is 5.73 Å². The second-order valence-corrected chi connectivity index (χ2v) is 3.01. The van der Waals surface area contributed by atoms with Gasteiger partial charge < -0.3 is 5.73 Å². The summed E-state index contributed by atoms with van der Waals surface area (Å²) >= 11 is 0. The molecule has 1 aromatic carbocycles. The highest BCUT2D eigenvalue weighted by Crippen LogP contribution is 2.10. The van der Waals surface area contributed by atoms with Gasteiger partial charge in [0.2, 0.25) is 0 Å². The van der Waals surface area contributed by atoms with Crippen molar-refractivity contribution in [2.24, 2.45) is 5.73 Å². The Morgan fingerprint density at radius 1 is 1.50 bits per heavy atom. The van der Waals surface area contributed by atoms with Crippen LogP contribution < -0.4 is 5.73 Å². The minimum absolute atomic E-state index is 0.183. The molecule has 1 amide bonds. The van der Waals surface area contributed by atoms with Crippen LogP contribution in [0.15, 0.2) is 18.3 Å². The van der Waals surface area contributed by atoms with E-state index in [0.29, 0.717) is 11.0 Å². The molecule has 0 unspecified atom stereocenters. The van der Waals surface area contributed by atoms with Crippen LogP contribution in [0.4, 0.5) is 0 Å². The summed E-state index contributed by atoms with van der Waals surface area (Å²) < 4.78 is 0. The molecule has 4 nitrogen and oxygen atoms in total. The van der Waals surface area contributed by atoms with Crippen LogP contribution in [0.1, 0.15) is 16.1 Å². The Bertz CT molecular complexity index is 508. The third-order valence-corrected chi connectivity index (χ3v) is 1.87. The predicted octanol–water partition coefficient (Wildman–Crippen LogP) is 0.837. The topological polar surface area (TPSA) is 68.9 Å². The number of hydrogen-bond donors (Lipinski definition) is 1. The van der Waals surface area contributed by atoms with Gasteiger partial charge in [-0.2, -0.15) is 0 Å². The molecule has 2 aromatic rings. The SMILES string of the molecule is Cc1[c]cc2ncc(C(N)=O)nc2c1. The fourth-order valence-electron chi connectivity index (χ4n) is 1.18. The minimum atomic E-state index is -0.565. The summed E-state index contributed by atoms with van der Waals surface area (Å²) in [6.07, 6.45) is 1.37. The number of nitrogens with zero attached hydrogens (tertiary/aromatic N) is 2. The zero-order valence-corrected chi connectivity index (χ0v) is 7.61. The van der Waals surface area contributed by atoms with Crippen LogP contribution in [0.5, 0.6) is 0 Å². The van der Waals surface area contributed by atoms with Crippen LogP contribution in [-0.4, -0.2) is 15.9 Å². The van der Waals surface area contributed by atoms with Crippen molar-refractivity contribution in [2.75, 3.05) is 0 Å². The number of amides is 1. The van der Waals surface area contributed by atoms with Gasteiger partial charge in [0.1, 0.15) is 5.69 Å². The molecule has 0 spiro atoms. The van der Waals surface area contributed by atoms with E-state index >= 15 is 0 Å². The molecule has 0 aliphatic heterocycles. The number of nitrogens with two attached hydrogens (primary N) is 1. The molecule has 1 radical (unpaired) electrons. The molecule has 0 aliphatic rings. The molecule has 0 fully saturated rings. The predicted molar refractivity (Wildman–Crippen MR) is 51.6 cm³/mol. The lowest BCUT2D eigenvalue weighted by Gasteiger charge is -1.99. The summed E-state index contributed by atoms with van der Waals surface area (Å²) in [4.78, 5) is 19.0. The molecule has 2 rings (SSSR count). The molecular weight excluding hydrogens is 178 g/mol. The normalized spacial score (nSPS) is 10.4. The summed E-state index contributed by atoms with van der Waals surface area (Å²) in [5.74, 6) is -0.565. The molecule has 1 heterocycles. The number of rotatable bonds is 1. The molecule has 0 bridgehead atoms. The number of hydrogen-bond acceptors (Lipinski definition) is 3. The van der Waals surface area contributed by atoms with Gasteiger partial charge in [0.25, 0.3) is 5.91 Å². The van der Waals surface area contributed by atoms with Gasteiger partial charge in [0.05, 0.1) is 17.2 Å². The van der Waals surface area contributed by atoms with Crippen LogP contribution >= 0.6 is 0 Å². The Morgan fingerprint density at radius 2 is 2.29 bits per heavy atom. The average molecular weight is 186 g/mol. The Labute approximate surface area is 80.8 Å². The first kappa shape index (κ1) is 8.62. The van der Waals surface area contributed by atoms with E-state index in [1.165, 1.54) is 6.20 Å². The highest BCUT2D eigenvalue weighted by atomic mass is 16.1. The van der Waals surface area contributed by atoms with Crippen molar-refractivity contribution in [1.82, 2.24) is 9.97 Å². The van der Waals surface area contributed by atoms with E-state index in [-0.39, 0.29) is 5.69 Å². The number of aromatic nitrogens is 2. The van der Waals surface area contributed by atoms with Crippen molar-refractivity contribution in [3.63, 3.8) is 0 Å². The van der Waals surface area contributed by atoms with Crippen LogP contribution in [-0.2, 0) is 0 Å². The smallest absolute Gasteiger partial charge is 0.268 e. The van der Waals surface area contributed by atoms with E-state index in [9.17, 15) is 4.79 Å². The van der Waals surface area contributed by atoms with E-state index in [1.807, 2.05) is 13.0 Å². The number of benzene rings is 1. The maximum atomic E-state index is 10.8. The number of fused-ring (bicyclic) bond motifs is 1. The van der Waals surface area contributed by atoms with Gasteiger partial charge in [-0.05, 0) is 30.7 Å². The Hall–Kier alpha value is -1.97. The Morgan fingerprint density at radius 3 is 3.00 bits per heavy atom. The molecule has 0 saturated heterocycles. The number of carbonyl (C=O) groups excluding carboxylic acids is 1. The van der Waals surface area contributed by atoms with Crippen LogP contribution in [0, 0.1) is 13.0 Å². The summed E-state index contributed by atoms with van der Waals surface area (Å²) in [6, 6.07) is 6.56. The monoisotopic (exact) mass is 186 g/mol. The molecule has 0 aliphatic carbocycles. The highest BCUT2D eigenvalue weighted by Gasteiger charge is 2.04. The first-order valence-electron chi connectivity index (χ1n) is 4.12. The maximum Gasteiger partial charge on any atom is 0.268 e. The molecule has 2 N–H and O–H groups in total. The fourth-order valence-corrected chi connectivity index (χ4v) is 1.18. The molecule has 14 heavy (non-hydrogen) atoms. The zero-order valence-electron chi connectivity index (χ0n) is 7.61. The first-order valence-corrected chi connectivity index (χ1v) is 4.12. The van der Waals surface area contributed by atoms with Crippen molar-refractivity contribution < 1.29 is 4.79 Å². The molecule has 0 saturated carbocycles. The van der Waals surface area contributed by atoms with Crippen LogP contribution in [0.25, 0.3) is 11.0 Å². The molecule has 69 valence electrons. The van der Waals surface area contributed by atoms with Crippen molar-refractivity contribution >= 4 is 16.9 Å². The zero-order chi connectivity index (χ0) is 10.1. The standard InChI is InChI=1S/C10H8N3O/c1-6-2-3-7-8(4-6)13-9(5-12-7)10(11)14/h3-5H,1H3,(H2,11,14). The van der Waals surface area contributed by atoms with Crippen molar-refractivity contribution in [3.05, 3.63) is 35.7 Å². The van der Waals surface area contributed by atoms with Gasteiger partial charge >= 0.3 is 0 Å². The van der Waals surface area contributed by atoms with Gasteiger partial charge in [0, 0.05) is 0 Å². The third-order valence-electron chi connectivity index (χ3n) is 1.87.